The fraction of sp³-hybridized carbons (Fsp3) is 0.375. The summed E-state index contributed by atoms with van der Waals surface area (Å²) in [7, 11) is 0. The summed E-state index contributed by atoms with van der Waals surface area (Å²) in [5, 5.41) is 8.77. The Morgan fingerprint density at radius 3 is 2.75 bits per heavy atom. The van der Waals surface area contributed by atoms with Crippen molar-refractivity contribution in [2.45, 2.75) is 18.5 Å². The lowest BCUT2D eigenvalue weighted by atomic mass is 9.86. The Bertz CT molecular complexity index is 270. The van der Waals surface area contributed by atoms with Gasteiger partial charge in [0.05, 0.1) is 6.04 Å². The summed E-state index contributed by atoms with van der Waals surface area (Å²) in [6.07, 6.45) is 4.74. The lowest BCUT2D eigenvalue weighted by Gasteiger charge is -2.28. The molecule has 0 amide bonds. The van der Waals surface area contributed by atoms with Crippen LogP contribution in [0.1, 0.15) is 6.92 Å². The zero-order valence-electron chi connectivity index (χ0n) is 6.82. The molecular formula is C8H12N2O2. The van der Waals surface area contributed by atoms with E-state index < -0.39 is 17.6 Å². The molecule has 0 aromatic rings. The Hall–Kier alpha value is -1.13. The van der Waals surface area contributed by atoms with Crippen molar-refractivity contribution < 1.29 is 9.90 Å². The lowest BCUT2D eigenvalue weighted by molar-refractivity contribution is -0.141. The first-order valence-electron chi connectivity index (χ1n) is 3.62. The van der Waals surface area contributed by atoms with Crippen molar-refractivity contribution in [1.29, 1.82) is 0 Å². The van der Waals surface area contributed by atoms with Crippen LogP contribution in [0.4, 0.5) is 0 Å². The average molecular weight is 168 g/mol. The van der Waals surface area contributed by atoms with E-state index >= 15 is 0 Å². The first-order valence-corrected chi connectivity index (χ1v) is 3.62. The maximum Gasteiger partial charge on any atom is 0.329 e. The maximum atomic E-state index is 10.7. The summed E-state index contributed by atoms with van der Waals surface area (Å²) in [6.45, 7) is 1.85. The number of carbonyl (C=O) groups is 1. The molecular weight excluding hydrogens is 156 g/mol. The zero-order valence-corrected chi connectivity index (χ0v) is 6.82. The van der Waals surface area contributed by atoms with Crippen LogP contribution in [0.5, 0.6) is 0 Å². The molecule has 1 aliphatic rings. The van der Waals surface area contributed by atoms with Gasteiger partial charge in [-0.1, -0.05) is 23.8 Å². The Morgan fingerprint density at radius 1 is 1.75 bits per heavy atom. The molecule has 0 aromatic heterocycles. The van der Waals surface area contributed by atoms with Crippen LogP contribution in [-0.4, -0.2) is 22.7 Å². The van der Waals surface area contributed by atoms with E-state index in [1.54, 1.807) is 12.2 Å². The monoisotopic (exact) mass is 168 g/mol. The van der Waals surface area contributed by atoms with Gasteiger partial charge in [-0.2, -0.15) is 0 Å². The highest BCUT2D eigenvalue weighted by Gasteiger charge is 2.38. The van der Waals surface area contributed by atoms with E-state index in [4.69, 9.17) is 16.6 Å². The van der Waals surface area contributed by atoms with E-state index in [-0.39, 0.29) is 0 Å². The van der Waals surface area contributed by atoms with Gasteiger partial charge in [0, 0.05) is 0 Å². The van der Waals surface area contributed by atoms with Crippen molar-refractivity contribution in [3.63, 3.8) is 0 Å². The zero-order chi connectivity index (χ0) is 9.35. The van der Waals surface area contributed by atoms with Crippen LogP contribution in [0.25, 0.3) is 0 Å². The second-order valence-electron chi connectivity index (χ2n) is 3.01. The van der Waals surface area contributed by atoms with Crippen LogP contribution in [0.3, 0.4) is 0 Å². The molecule has 0 saturated carbocycles. The van der Waals surface area contributed by atoms with E-state index in [9.17, 15) is 4.79 Å². The van der Waals surface area contributed by atoms with Gasteiger partial charge < -0.3 is 16.6 Å². The SMILES string of the molecule is CC1=CC(N)C(N)(C(=O)O)C=C1. The summed E-state index contributed by atoms with van der Waals surface area (Å²) in [5.41, 5.74) is 10.6. The van der Waals surface area contributed by atoms with Crippen LogP contribution in [-0.2, 0) is 4.79 Å². The van der Waals surface area contributed by atoms with E-state index in [0.717, 1.165) is 5.57 Å². The number of carboxylic acid groups (broad SMARTS) is 1. The van der Waals surface area contributed by atoms with Crippen molar-refractivity contribution in [2.24, 2.45) is 11.5 Å². The number of carboxylic acids is 1. The first kappa shape index (κ1) is 8.96. The minimum Gasteiger partial charge on any atom is -0.480 e. The Morgan fingerprint density at radius 2 is 2.33 bits per heavy atom. The van der Waals surface area contributed by atoms with E-state index in [1.165, 1.54) is 6.08 Å². The van der Waals surface area contributed by atoms with E-state index in [0.29, 0.717) is 0 Å². The van der Waals surface area contributed by atoms with Gasteiger partial charge in [-0.05, 0) is 6.92 Å². The lowest BCUT2D eigenvalue weighted by Crippen LogP contribution is -2.59. The number of allylic oxidation sites excluding steroid dienone is 2. The number of nitrogens with two attached hydrogens (primary N) is 2. The van der Waals surface area contributed by atoms with Gasteiger partial charge in [0.1, 0.15) is 0 Å². The van der Waals surface area contributed by atoms with Crippen molar-refractivity contribution in [1.82, 2.24) is 0 Å². The van der Waals surface area contributed by atoms with Crippen LogP contribution in [0.2, 0.25) is 0 Å². The summed E-state index contributed by atoms with van der Waals surface area (Å²) in [6, 6.07) is -0.653. The normalized spacial score (nSPS) is 34.6. The third kappa shape index (κ3) is 1.26. The minimum absolute atomic E-state index is 0.653. The fourth-order valence-electron chi connectivity index (χ4n) is 1.07. The first-order chi connectivity index (χ1) is 5.47. The van der Waals surface area contributed by atoms with Gasteiger partial charge in [-0.25, -0.2) is 4.79 Å². The maximum absolute atomic E-state index is 10.7. The molecule has 1 rings (SSSR count). The van der Waals surface area contributed by atoms with Gasteiger partial charge in [0.25, 0.3) is 0 Å². The second kappa shape index (κ2) is 2.73. The number of aliphatic carboxylic acids is 1. The molecule has 5 N–H and O–H groups in total. The summed E-state index contributed by atoms with van der Waals surface area (Å²) in [5.74, 6) is -1.10. The highest BCUT2D eigenvalue weighted by molar-refractivity contribution is 5.83. The molecule has 0 spiro atoms. The largest absolute Gasteiger partial charge is 0.480 e. The van der Waals surface area contributed by atoms with Crippen molar-refractivity contribution in [3.05, 3.63) is 23.8 Å². The van der Waals surface area contributed by atoms with Gasteiger partial charge in [-0.3, -0.25) is 0 Å². The van der Waals surface area contributed by atoms with E-state index in [2.05, 4.69) is 0 Å². The van der Waals surface area contributed by atoms with Gasteiger partial charge in [0.15, 0.2) is 5.54 Å². The number of rotatable bonds is 1. The number of hydrogen-bond donors (Lipinski definition) is 3. The molecule has 0 aromatic carbocycles. The predicted molar refractivity (Wildman–Crippen MR) is 45.4 cm³/mol. The quantitative estimate of drug-likeness (QED) is 0.497. The fourth-order valence-corrected chi connectivity index (χ4v) is 1.07. The highest BCUT2D eigenvalue weighted by atomic mass is 16.4. The van der Waals surface area contributed by atoms with Gasteiger partial charge in [-0.15, -0.1) is 0 Å². The van der Waals surface area contributed by atoms with Crippen LogP contribution in [0.15, 0.2) is 23.8 Å². The highest BCUT2D eigenvalue weighted by Crippen LogP contribution is 2.17. The molecule has 2 atom stereocenters. The third-order valence-corrected chi connectivity index (χ3v) is 1.99. The number of hydrogen-bond acceptors (Lipinski definition) is 3. The predicted octanol–water partition coefficient (Wildman–Crippen LogP) is -0.388. The summed E-state index contributed by atoms with van der Waals surface area (Å²) in [4.78, 5) is 10.7. The van der Waals surface area contributed by atoms with E-state index in [1.807, 2.05) is 6.92 Å². The molecule has 0 radical (unpaired) electrons. The molecule has 0 bridgehead atoms. The van der Waals surface area contributed by atoms with Gasteiger partial charge >= 0.3 is 5.97 Å². The Kier molecular flexibility index (Phi) is 2.04. The van der Waals surface area contributed by atoms with Crippen molar-refractivity contribution >= 4 is 5.97 Å². The van der Waals surface area contributed by atoms with Crippen LogP contribution in [0, 0.1) is 0 Å². The molecule has 1 aliphatic carbocycles. The average Bonchev–Trinajstić information content (AvgIpc) is 1.97. The topological polar surface area (TPSA) is 89.3 Å². The standard InChI is InChI=1S/C8H12N2O2/c1-5-2-3-8(10,7(11)12)6(9)4-5/h2-4,6H,9-10H2,1H3,(H,11,12). The smallest absolute Gasteiger partial charge is 0.329 e. The third-order valence-electron chi connectivity index (χ3n) is 1.99. The van der Waals surface area contributed by atoms with Crippen LogP contribution >= 0.6 is 0 Å². The summed E-state index contributed by atoms with van der Waals surface area (Å²) >= 11 is 0. The molecule has 0 saturated heterocycles. The van der Waals surface area contributed by atoms with Crippen LogP contribution < -0.4 is 11.5 Å². The molecule has 66 valence electrons. The Balaban J connectivity index is 2.99. The molecule has 12 heavy (non-hydrogen) atoms. The molecule has 4 heteroatoms. The molecule has 2 unspecified atom stereocenters. The molecule has 0 heterocycles. The molecule has 0 aliphatic heterocycles. The van der Waals surface area contributed by atoms with Gasteiger partial charge in [0.2, 0.25) is 0 Å². The minimum atomic E-state index is -1.44. The Labute approximate surface area is 70.5 Å². The van der Waals surface area contributed by atoms with Crippen molar-refractivity contribution in [3.8, 4) is 0 Å². The molecule has 0 fully saturated rings. The summed E-state index contributed by atoms with van der Waals surface area (Å²) < 4.78 is 0. The second-order valence-corrected chi connectivity index (χ2v) is 3.01. The van der Waals surface area contributed by atoms with Crippen molar-refractivity contribution in [2.75, 3.05) is 0 Å². The molecule has 4 nitrogen and oxygen atoms in total.